The van der Waals surface area contributed by atoms with E-state index >= 15 is 0 Å². The number of rotatable bonds is 2. The zero-order valence-electron chi connectivity index (χ0n) is 10.7. The summed E-state index contributed by atoms with van der Waals surface area (Å²) in [6, 6.07) is 0.619. The van der Waals surface area contributed by atoms with Crippen molar-refractivity contribution < 1.29 is 0 Å². The van der Waals surface area contributed by atoms with Crippen molar-refractivity contribution in [2.75, 3.05) is 5.32 Å². The minimum atomic E-state index is 0.619. The van der Waals surface area contributed by atoms with Crippen LogP contribution in [0.5, 0.6) is 0 Å². The summed E-state index contributed by atoms with van der Waals surface area (Å²) in [5.74, 6) is 1.60. The zero-order chi connectivity index (χ0) is 11.7. The van der Waals surface area contributed by atoms with E-state index < -0.39 is 0 Å². The van der Waals surface area contributed by atoms with Gasteiger partial charge in [-0.2, -0.15) is 0 Å². The number of aryl methyl sites for hydroxylation is 2. The fourth-order valence-corrected chi connectivity index (χ4v) is 3.36. The molecule has 0 aromatic carbocycles. The lowest BCUT2D eigenvalue weighted by atomic mass is 9.78. The van der Waals surface area contributed by atoms with E-state index in [1.54, 1.807) is 11.3 Å². The van der Waals surface area contributed by atoms with E-state index in [1.807, 2.05) is 0 Å². The molecule has 1 aliphatic carbocycles. The Morgan fingerprint density at radius 1 is 1.25 bits per heavy atom. The monoisotopic (exact) mass is 238 g/mol. The van der Waals surface area contributed by atoms with Crippen molar-refractivity contribution in [3.63, 3.8) is 0 Å². The van der Waals surface area contributed by atoms with Crippen molar-refractivity contribution in [2.45, 2.75) is 53.0 Å². The summed E-state index contributed by atoms with van der Waals surface area (Å²) < 4.78 is 0. The third kappa shape index (κ3) is 2.40. The van der Waals surface area contributed by atoms with Gasteiger partial charge in [-0.05, 0) is 32.1 Å². The van der Waals surface area contributed by atoms with Crippen LogP contribution in [-0.2, 0) is 0 Å². The molecular formula is C13H22N2S. The van der Waals surface area contributed by atoms with Gasteiger partial charge in [0.15, 0.2) is 5.13 Å². The first kappa shape index (κ1) is 11.9. The van der Waals surface area contributed by atoms with Crippen LogP contribution in [0, 0.1) is 25.7 Å². The summed E-state index contributed by atoms with van der Waals surface area (Å²) >= 11 is 1.79. The van der Waals surface area contributed by atoms with E-state index in [1.165, 1.54) is 29.8 Å². The molecule has 0 radical (unpaired) electrons. The molecule has 1 N–H and O–H groups in total. The second kappa shape index (κ2) is 4.74. The molecule has 3 heteroatoms. The molecule has 1 saturated carbocycles. The van der Waals surface area contributed by atoms with Crippen LogP contribution in [0.3, 0.4) is 0 Å². The topological polar surface area (TPSA) is 24.9 Å². The van der Waals surface area contributed by atoms with Gasteiger partial charge in [0.05, 0.1) is 5.69 Å². The molecule has 1 fully saturated rings. The third-order valence-corrected chi connectivity index (χ3v) is 5.05. The number of thiazole rings is 1. The van der Waals surface area contributed by atoms with E-state index in [-0.39, 0.29) is 0 Å². The Morgan fingerprint density at radius 2 is 2.00 bits per heavy atom. The molecule has 1 heterocycles. The van der Waals surface area contributed by atoms with Gasteiger partial charge >= 0.3 is 0 Å². The molecule has 1 aromatic heterocycles. The van der Waals surface area contributed by atoms with Crippen LogP contribution >= 0.6 is 11.3 Å². The zero-order valence-corrected chi connectivity index (χ0v) is 11.5. The van der Waals surface area contributed by atoms with Crippen LogP contribution in [-0.4, -0.2) is 11.0 Å². The van der Waals surface area contributed by atoms with Gasteiger partial charge in [-0.15, -0.1) is 11.3 Å². The maximum absolute atomic E-state index is 4.57. The van der Waals surface area contributed by atoms with Gasteiger partial charge in [0.2, 0.25) is 0 Å². The number of anilines is 1. The molecule has 0 amide bonds. The summed E-state index contributed by atoms with van der Waals surface area (Å²) in [6.07, 6.45) is 4.03. The van der Waals surface area contributed by atoms with Crippen LogP contribution in [0.25, 0.3) is 0 Å². The fraction of sp³-hybridized carbons (Fsp3) is 0.769. The second-order valence-electron chi connectivity index (χ2n) is 5.18. The Hall–Kier alpha value is -0.570. The Morgan fingerprint density at radius 3 is 2.62 bits per heavy atom. The molecule has 1 aromatic rings. The molecule has 0 spiro atoms. The summed E-state index contributed by atoms with van der Waals surface area (Å²) in [5, 5.41) is 4.74. The fourth-order valence-electron chi connectivity index (χ4n) is 2.48. The van der Waals surface area contributed by atoms with Gasteiger partial charge in [0.25, 0.3) is 0 Å². The SMILES string of the molecule is Cc1nc(NC2CCCC(C)C2C)sc1C. The number of nitrogens with zero attached hydrogens (tertiary/aromatic N) is 1. The molecule has 0 saturated heterocycles. The van der Waals surface area contributed by atoms with Crippen LogP contribution < -0.4 is 5.32 Å². The average Bonchev–Trinajstić information content (AvgIpc) is 2.54. The van der Waals surface area contributed by atoms with E-state index in [2.05, 4.69) is 38.0 Å². The van der Waals surface area contributed by atoms with Crippen LogP contribution in [0.2, 0.25) is 0 Å². The molecule has 1 aliphatic rings. The first-order valence-electron chi connectivity index (χ1n) is 6.28. The minimum Gasteiger partial charge on any atom is -0.358 e. The lowest BCUT2D eigenvalue weighted by Gasteiger charge is -2.34. The second-order valence-corrected chi connectivity index (χ2v) is 6.38. The Balaban J connectivity index is 2.03. The van der Waals surface area contributed by atoms with E-state index in [0.717, 1.165) is 17.0 Å². The first-order valence-corrected chi connectivity index (χ1v) is 7.10. The van der Waals surface area contributed by atoms with Crippen molar-refractivity contribution in [3.05, 3.63) is 10.6 Å². The quantitative estimate of drug-likeness (QED) is 0.842. The van der Waals surface area contributed by atoms with E-state index in [0.29, 0.717) is 6.04 Å². The molecule has 16 heavy (non-hydrogen) atoms. The highest BCUT2D eigenvalue weighted by molar-refractivity contribution is 7.15. The first-order chi connectivity index (χ1) is 7.58. The van der Waals surface area contributed by atoms with Crippen molar-refractivity contribution in [3.8, 4) is 0 Å². The smallest absolute Gasteiger partial charge is 0.183 e. The lowest BCUT2D eigenvalue weighted by Crippen LogP contribution is -2.34. The van der Waals surface area contributed by atoms with Gasteiger partial charge in [0, 0.05) is 10.9 Å². The summed E-state index contributed by atoms with van der Waals surface area (Å²) in [4.78, 5) is 5.90. The standard InChI is InChI=1S/C13H22N2S/c1-8-6-5-7-12(9(8)2)15-13-14-10(3)11(4)16-13/h8-9,12H,5-7H2,1-4H3,(H,14,15). The maximum atomic E-state index is 4.57. The molecule has 90 valence electrons. The molecule has 3 unspecified atom stereocenters. The minimum absolute atomic E-state index is 0.619. The van der Waals surface area contributed by atoms with Crippen LogP contribution in [0.1, 0.15) is 43.7 Å². The molecule has 0 bridgehead atoms. The summed E-state index contributed by atoms with van der Waals surface area (Å²) in [5.41, 5.74) is 1.17. The Labute approximate surface area is 102 Å². The van der Waals surface area contributed by atoms with Gasteiger partial charge in [-0.3, -0.25) is 0 Å². The van der Waals surface area contributed by atoms with E-state index in [4.69, 9.17) is 0 Å². The molecule has 3 atom stereocenters. The number of hydrogen-bond donors (Lipinski definition) is 1. The summed E-state index contributed by atoms with van der Waals surface area (Å²) in [6.45, 7) is 8.97. The molecule has 2 rings (SSSR count). The van der Waals surface area contributed by atoms with Gasteiger partial charge in [-0.25, -0.2) is 4.98 Å². The highest BCUT2D eigenvalue weighted by Crippen LogP contribution is 2.32. The van der Waals surface area contributed by atoms with Crippen molar-refractivity contribution >= 4 is 16.5 Å². The largest absolute Gasteiger partial charge is 0.358 e. The summed E-state index contributed by atoms with van der Waals surface area (Å²) in [7, 11) is 0. The lowest BCUT2D eigenvalue weighted by molar-refractivity contribution is 0.253. The Bertz CT molecular complexity index is 339. The van der Waals surface area contributed by atoms with Gasteiger partial charge in [-0.1, -0.05) is 26.7 Å². The van der Waals surface area contributed by atoms with E-state index in [9.17, 15) is 0 Å². The van der Waals surface area contributed by atoms with Crippen molar-refractivity contribution in [2.24, 2.45) is 11.8 Å². The average molecular weight is 238 g/mol. The van der Waals surface area contributed by atoms with Crippen LogP contribution in [0.4, 0.5) is 5.13 Å². The highest BCUT2D eigenvalue weighted by atomic mass is 32.1. The highest BCUT2D eigenvalue weighted by Gasteiger charge is 2.27. The third-order valence-electron chi connectivity index (χ3n) is 4.04. The van der Waals surface area contributed by atoms with Gasteiger partial charge < -0.3 is 5.32 Å². The van der Waals surface area contributed by atoms with Crippen molar-refractivity contribution in [1.29, 1.82) is 0 Å². The number of hydrogen-bond acceptors (Lipinski definition) is 3. The predicted molar refractivity (Wildman–Crippen MR) is 71.2 cm³/mol. The molecular weight excluding hydrogens is 216 g/mol. The van der Waals surface area contributed by atoms with Crippen molar-refractivity contribution in [1.82, 2.24) is 4.98 Å². The molecule has 2 nitrogen and oxygen atoms in total. The van der Waals surface area contributed by atoms with Gasteiger partial charge in [0.1, 0.15) is 0 Å². The van der Waals surface area contributed by atoms with Crippen LogP contribution in [0.15, 0.2) is 0 Å². The number of nitrogens with one attached hydrogen (secondary N) is 1. The normalized spacial score (nSPS) is 30.4. The Kier molecular flexibility index (Phi) is 3.53. The maximum Gasteiger partial charge on any atom is 0.183 e. The predicted octanol–water partition coefficient (Wildman–Crippen LogP) is 4.00. The molecule has 0 aliphatic heterocycles. The number of aromatic nitrogens is 1.